The van der Waals surface area contributed by atoms with E-state index in [-0.39, 0.29) is 11.8 Å². The van der Waals surface area contributed by atoms with Gasteiger partial charge in [0.2, 0.25) is 11.8 Å². The Labute approximate surface area is 151 Å². The number of benzene rings is 1. The van der Waals surface area contributed by atoms with Gasteiger partial charge in [0.05, 0.1) is 12.2 Å². The van der Waals surface area contributed by atoms with Crippen LogP contribution >= 0.6 is 0 Å². The monoisotopic (exact) mass is 348 g/mol. The van der Waals surface area contributed by atoms with Crippen LogP contribution in [0.3, 0.4) is 0 Å². The molecule has 0 atom stereocenters. The van der Waals surface area contributed by atoms with Gasteiger partial charge in [0.1, 0.15) is 5.65 Å². The summed E-state index contributed by atoms with van der Waals surface area (Å²) in [7, 11) is 0. The second kappa shape index (κ2) is 7.65. The zero-order valence-corrected chi connectivity index (χ0v) is 14.7. The van der Waals surface area contributed by atoms with Gasteiger partial charge in [0.25, 0.3) is 0 Å². The van der Waals surface area contributed by atoms with Gasteiger partial charge in [-0.25, -0.2) is 4.98 Å². The van der Waals surface area contributed by atoms with E-state index in [1.807, 2.05) is 48.0 Å². The van der Waals surface area contributed by atoms with E-state index in [1.54, 1.807) is 18.2 Å². The summed E-state index contributed by atoms with van der Waals surface area (Å²) in [6, 6.07) is 11.2. The Balaban J connectivity index is 1.57. The third-order valence-corrected chi connectivity index (χ3v) is 3.83. The number of imidazole rings is 1. The van der Waals surface area contributed by atoms with Crippen LogP contribution in [0.25, 0.3) is 11.7 Å². The number of rotatable bonds is 5. The molecule has 3 rings (SSSR count). The van der Waals surface area contributed by atoms with Crippen molar-refractivity contribution in [3.8, 4) is 0 Å². The van der Waals surface area contributed by atoms with E-state index in [2.05, 4.69) is 15.6 Å². The van der Waals surface area contributed by atoms with Crippen LogP contribution in [0, 0.1) is 6.92 Å². The maximum Gasteiger partial charge on any atom is 0.244 e. The SMILES string of the molecule is CC(=O)Nc1ccc(/C=C/C(=O)NCc2cn3cccc(C)c3n2)cc1. The molecule has 0 aliphatic heterocycles. The standard InChI is InChI=1S/C20H20N4O2/c1-14-4-3-11-24-13-18(23-20(14)24)12-21-19(26)10-7-16-5-8-17(9-6-16)22-15(2)25/h3-11,13H,12H2,1-2H3,(H,21,26)(H,22,25)/b10-7+. The van der Waals surface area contributed by atoms with Gasteiger partial charge in [-0.15, -0.1) is 0 Å². The molecule has 0 saturated carbocycles. The van der Waals surface area contributed by atoms with Gasteiger partial charge in [0.15, 0.2) is 0 Å². The largest absolute Gasteiger partial charge is 0.347 e. The van der Waals surface area contributed by atoms with E-state index in [4.69, 9.17) is 0 Å². The number of aryl methyl sites for hydroxylation is 1. The predicted octanol–water partition coefficient (Wildman–Crippen LogP) is 2.93. The normalized spacial score (nSPS) is 11.0. The molecule has 2 N–H and O–H groups in total. The predicted molar refractivity (Wildman–Crippen MR) is 102 cm³/mol. The summed E-state index contributed by atoms with van der Waals surface area (Å²) in [4.78, 5) is 27.5. The number of aromatic nitrogens is 2. The molecule has 132 valence electrons. The number of hydrogen-bond donors (Lipinski definition) is 2. The van der Waals surface area contributed by atoms with Crippen molar-refractivity contribution in [3.63, 3.8) is 0 Å². The molecule has 1 aromatic carbocycles. The molecule has 6 heteroatoms. The van der Waals surface area contributed by atoms with Gasteiger partial charge >= 0.3 is 0 Å². The summed E-state index contributed by atoms with van der Waals surface area (Å²) in [5.74, 6) is -0.306. The molecular weight excluding hydrogens is 328 g/mol. The van der Waals surface area contributed by atoms with E-state index in [0.717, 1.165) is 28.2 Å². The molecule has 0 aliphatic rings. The van der Waals surface area contributed by atoms with Gasteiger partial charge in [0, 0.05) is 31.1 Å². The summed E-state index contributed by atoms with van der Waals surface area (Å²) < 4.78 is 1.95. The molecule has 0 bridgehead atoms. The first-order valence-electron chi connectivity index (χ1n) is 8.28. The molecule has 2 aromatic heterocycles. The van der Waals surface area contributed by atoms with Crippen molar-refractivity contribution in [3.05, 3.63) is 71.7 Å². The van der Waals surface area contributed by atoms with Crippen LogP contribution in [0.5, 0.6) is 0 Å². The highest BCUT2D eigenvalue weighted by atomic mass is 16.2. The molecule has 3 aromatic rings. The average molecular weight is 348 g/mol. The van der Waals surface area contributed by atoms with E-state index in [9.17, 15) is 9.59 Å². The number of carbonyl (C=O) groups excluding carboxylic acids is 2. The smallest absolute Gasteiger partial charge is 0.244 e. The van der Waals surface area contributed by atoms with Gasteiger partial charge in [-0.2, -0.15) is 0 Å². The number of amides is 2. The average Bonchev–Trinajstić information content (AvgIpc) is 3.03. The maximum atomic E-state index is 12.0. The summed E-state index contributed by atoms with van der Waals surface area (Å²) >= 11 is 0. The number of pyridine rings is 1. The van der Waals surface area contributed by atoms with Crippen molar-refractivity contribution in [2.24, 2.45) is 0 Å². The molecule has 2 amide bonds. The second-order valence-electron chi connectivity index (χ2n) is 6.01. The Kier molecular flexibility index (Phi) is 5.12. The van der Waals surface area contributed by atoms with E-state index >= 15 is 0 Å². The highest BCUT2D eigenvalue weighted by Gasteiger charge is 2.04. The lowest BCUT2D eigenvalue weighted by molar-refractivity contribution is -0.116. The van der Waals surface area contributed by atoms with Crippen LogP contribution in [0.2, 0.25) is 0 Å². The van der Waals surface area contributed by atoms with Crippen molar-refractivity contribution in [2.75, 3.05) is 5.32 Å². The Morgan fingerprint density at radius 1 is 1.19 bits per heavy atom. The van der Waals surface area contributed by atoms with Crippen molar-refractivity contribution in [1.82, 2.24) is 14.7 Å². The summed E-state index contributed by atoms with van der Waals surface area (Å²) in [5.41, 5.74) is 4.39. The Bertz CT molecular complexity index is 971. The van der Waals surface area contributed by atoms with Crippen LogP contribution in [0.4, 0.5) is 5.69 Å². The van der Waals surface area contributed by atoms with Crippen LogP contribution in [0.15, 0.2) is 54.9 Å². The number of carbonyl (C=O) groups is 2. The Hall–Kier alpha value is -3.41. The number of nitrogens with one attached hydrogen (secondary N) is 2. The highest BCUT2D eigenvalue weighted by Crippen LogP contribution is 2.11. The zero-order chi connectivity index (χ0) is 18.5. The molecule has 0 spiro atoms. The summed E-state index contributed by atoms with van der Waals surface area (Å²) in [6.07, 6.45) is 7.05. The molecule has 26 heavy (non-hydrogen) atoms. The van der Waals surface area contributed by atoms with Crippen molar-refractivity contribution in [1.29, 1.82) is 0 Å². The van der Waals surface area contributed by atoms with Crippen LogP contribution in [0.1, 0.15) is 23.7 Å². The van der Waals surface area contributed by atoms with E-state index in [1.165, 1.54) is 13.0 Å². The fraction of sp³-hybridized carbons (Fsp3) is 0.150. The van der Waals surface area contributed by atoms with Gasteiger partial charge in [-0.05, 0) is 42.3 Å². The number of anilines is 1. The Morgan fingerprint density at radius 2 is 1.96 bits per heavy atom. The lowest BCUT2D eigenvalue weighted by atomic mass is 10.2. The minimum Gasteiger partial charge on any atom is -0.347 e. The minimum absolute atomic E-state index is 0.116. The summed E-state index contributed by atoms with van der Waals surface area (Å²) in [5, 5.41) is 5.53. The third kappa shape index (κ3) is 4.36. The fourth-order valence-electron chi connectivity index (χ4n) is 2.58. The maximum absolute atomic E-state index is 12.0. The number of fused-ring (bicyclic) bond motifs is 1. The minimum atomic E-state index is -0.190. The molecule has 6 nitrogen and oxygen atoms in total. The fourth-order valence-corrected chi connectivity index (χ4v) is 2.58. The number of nitrogens with zero attached hydrogens (tertiary/aromatic N) is 2. The molecule has 0 unspecified atom stereocenters. The second-order valence-corrected chi connectivity index (χ2v) is 6.01. The summed E-state index contributed by atoms with van der Waals surface area (Å²) in [6.45, 7) is 3.83. The Morgan fingerprint density at radius 3 is 2.65 bits per heavy atom. The van der Waals surface area contributed by atoms with Crippen LogP contribution in [-0.2, 0) is 16.1 Å². The first kappa shape index (κ1) is 17.4. The quantitative estimate of drug-likeness (QED) is 0.696. The molecule has 0 radical (unpaired) electrons. The topological polar surface area (TPSA) is 75.5 Å². The highest BCUT2D eigenvalue weighted by molar-refractivity contribution is 5.92. The van der Waals surface area contributed by atoms with Crippen molar-refractivity contribution >= 4 is 29.2 Å². The number of hydrogen-bond acceptors (Lipinski definition) is 3. The molecule has 0 aliphatic carbocycles. The first-order valence-corrected chi connectivity index (χ1v) is 8.28. The van der Waals surface area contributed by atoms with Gasteiger partial charge in [-0.1, -0.05) is 18.2 Å². The lowest BCUT2D eigenvalue weighted by Crippen LogP contribution is -2.20. The van der Waals surface area contributed by atoms with Crippen LogP contribution in [-0.4, -0.2) is 21.2 Å². The molecule has 0 saturated heterocycles. The third-order valence-electron chi connectivity index (χ3n) is 3.83. The van der Waals surface area contributed by atoms with Crippen molar-refractivity contribution < 1.29 is 9.59 Å². The van der Waals surface area contributed by atoms with Crippen molar-refractivity contribution in [2.45, 2.75) is 20.4 Å². The van der Waals surface area contributed by atoms with Crippen LogP contribution < -0.4 is 10.6 Å². The molecule has 2 heterocycles. The first-order chi connectivity index (χ1) is 12.5. The van der Waals surface area contributed by atoms with E-state index in [0.29, 0.717) is 6.54 Å². The lowest BCUT2D eigenvalue weighted by Gasteiger charge is -2.02. The van der Waals surface area contributed by atoms with E-state index < -0.39 is 0 Å². The molecule has 0 fully saturated rings. The zero-order valence-electron chi connectivity index (χ0n) is 14.7. The molecular formula is C20H20N4O2. The van der Waals surface area contributed by atoms with Gasteiger partial charge < -0.3 is 15.0 Å². The van der Waals surface area contributed by atoms with Gasteiger partial charge in [-0.3, -0.25) is 9.59 Å².